The van der Waals surface area contributed by atoms with Gasteiger partial charge in [-0.1, -0.05) is 13.8 Å². The molecule has 1 amide bonds. The minimum absolute atomic E-state index is 0.193. The van der Waals surface area contributed by atoms with Crippen LogP contribution in [-0.2, 0) is 9.59 Å². The van der Waals surface area contributed by atoms with E-state index in [0.29, 0.717) is 6.42 Å². The molecule has 0 spiro atoms. The van der Waals surface area contributed by atoms with Crippen LogP contribution in [0.1, 0.15) is 20.3 Å². The lowest BCUT2D eigenvalue weighted by atomic mass is 10.0. The van der Waals surface area contributed by atoms with Crippen molar-refractivity contribution in [2.24, 2.45) is 11.6 Å². The first-order valence-electron chi connectivity index (χ1n) is 4.64. The Hall–Kier alpha value is -1.10. The number of carbonyl (C=O) groups is 2. The number of aliphatic carboxylic acids is 1. The van der Waals surface area contributed by atoms with Crippen LogP contribution in [0.15, 0.2) is 0 Å². The summed E-state index contributed by atoms with van der Waals surface area (Å²) in [7, 11) is 0. The van der Waals surface area contributed by atoms with Crippen molar-refractivity contribution in [1.29, 1.82) is 0 Å². The number of rotatable bonds is 6. The lowest BCUT2D eigenvalue weighted by Gasteiger charge is -2.15. The Bertz CT molecular complexity index is 209. The van der Waals surface area contributed by atoms with Crippen molar-refractivity contribution in [3.63, 3.8) is 0 Å². The zero-order chi connectivity index (χ0) is 11.1. The molecule has 0 aliphatic carbocycles. The zero-order valence-corrected chi connectivity index (χ0v) is 7.83. The van der Waals surface area contributed by atoms with Gasteiger partial charge in [-0.2, -0.15) is 0 Å². The third kappa shape index (κ3) is 5.19. The van der Waals surface area contributed by atoms with Crippen molar-refractivity contribution < 1.29 is 16.1 Å². The van der Waals surface area contributed by atoms with Crippen molar-refractivity contribution >= 4 is 11.9 Å². The Balaban J connectivity index is 4.09. The molecule has 0 saturated heterocycles. The number of amides is 1. The molecule has 5 heteroatoms. The summed E-state index contributed by atoms with van der Waals surface area (Å²) in [6.07, 6.45) is 0.388. The van der Waals surface area contributed by atoms with Crippen LogP contribution in [-0.4, -0.2) is 29.6 Å². The molecule has 76 valence electrons. The van der Waals surface area contributed by atoms with Crippen LogP contribution in [0.5, 0.6) is 0 Å². The highest BCUT2D eigenvalue weighted by Gasteiger charge is 2.19. The molecule has 0 rings (SSSR count). The summed E-state index contributed by atoms with van der Waals surface area (Å²) in [4.78, 5) is 21.7. The quantitative estimate of drug-likeness (QED) is 0.528. The molecule has 4 N–H and O–H groups in total. The molecule has 0 aromatic carbocycles. The van der Waals surface area contributed by atoms with Crippen molar-refractivity contribution in [1.82, 2.24) is 5.32 Å². The Labute approximate surface area is 78.8 Å². The Kier molecular flexibility index (Phi) is 4.25. The van der Waals surface area contributed by atoms with Crippen molar-refractivity contribution in [3.05, 3.63) is 0 Å². The molecular formula is C8H16N2O3. The number of nitrogens with two attached hydrogens (primary N) is 1. The van der Waals surface area contributed by atoms with Crippen LogP contribution in [0.25, 0.3) is 0 Å². The number of hydrogen-bond donors (Lipinski definition) is 3. The largest absolute Gasteiger partial charge is 0.480 e. The lowest BCUT2D eigenvalue weighted by molar-refractivity contribution is -0.142. The van der Waals surface area contributed by atoms with E-state index in [1.165, 1.54) is 0 Å². The van der Waals surface area contributed by atoms with Gasteiger partial charge in [-0.3, -0.25) is 4.79 Å². The van der Waals surface area contributed by atoms with Gasteiger partial charge in [-0.15, -0.1) is 0 Å². The predicted molar refractivity (Wildman–Crippen MR) is 48.1 cm³/mol. The van der Waals surface area contributed by atoms with Gasteiger partial charge in [0.25, 0.3) is 0 Å². The van der Waals surface area contributed by atoms with Gasteiger partial charge in [0.05, 0.1) is 6.54 Å². The Morgan fingerprint density at radius 1 is 1.62 bits per heavy atom. The first-order chi connectivity index (χ1) is 6.47. The number of hydrogen-bond acceptors (Lipinski definition) is 3. The first kappa shape index (κ1) is 9.98. The maximum absolute atomic E-state index is 11.0. The summed E-state index contributed by atoms with van der Waals surface area (Å²) in [6.45, 7) is 3.57. The van der Waals surface area contributed by atoms with Crippen molar-refractivity contribution in [3.8, 4) is 0 Å². The van der Waals surface area contributed by atoms with Gasteiger partial charge in [0, 0.05) is 0 Å². The summed E-state index contributed by atoms with van der Waals surface area (Å²) >= 11 is 0. The van der Waals surface area contributed by atoms with Crippen molar-refractivity contribution in [2.45, 2.75) is 26.3 Å². The van der Waals surface area contributed by atoms with E-state index in [4.69, 9.17) is 6.52 Å². The molecule has 0 aliphatic rings. The van der Waals surface area contributed by atoms with E-state index in [2.05, 4.69) is 5.32 Å². The second-order valence-electron chi connectivity index (χ2n) is 3.26. The summed E-state index contributed by atoms with van der Waals surface area (Å²) < 4.78 is 6.57. The van der Waals surface area contributed by atoms with E-state index in [1.807, 2.05) is 19.6 Å². The number of nitrogens with one attached hydrogen (secondary N) is 1. The van der Waals surface area contributed by atoms with Gasteiger partial charge in [0.2, 0.25) is 5.91 Å². The fourth-order valence-electron chi connectivity index (χ4n) is 0.938. The normalized spacial score (nSPS) is 13.6. The monoisotopic (exact) mass is 189 g/mol. The molecule has 0 heterocycles. The number of carboxylic acids is 1. The van der Waals surface area contributed by atoms with Gasteiger partial charge in [-0.25, -0.2) is 4.79 Å². The minimum Gasteiger partial charge on any atom is -0.480 e. The number of carbonyl (C=O) groups excluding carboxylic acids is 1. The lowest BCUT2D eigenvalue weighted by Crippen LogP contribution is -2.44. The second kappa shape index (κ2) is 5.53. The first-order valence-corrected chi connectivity index (χ1v) is 4.14. The molecule has 0 aromatic heterocycles. The molecule has 13 heavy (non-hydrogen) atoms. The van der Waals surface area contributed by atoms with Gasteiger partial charge in [0.1, 0.15) is 7.45 Å². The molecule has 5 nitrogen and oxygen atoms in total. The average Bonchev–Trinajstić information content (AvgIpc) is 2.02. The van der Waals surface area contributed by atoms with Gasteiger partial charge in [0.15, 0.2) is 0 Å². The SMILES string of the molecule is [2H]NCC(=O)N[C@@H](CC(C)C)C(=O)O. The average molecular weight is 189 g/mol. The molecule has 0 aromatic rings. The molecule has 1 atom stereocenters. The molecule has 0 bridgehead atoms. The summed E-state index contributed by atoms with van der Waals surface area (Å²) in [5.41, 5.74) is 1.91. The van der Waals surface area contributed by atoms with Crippen LogP contribution in [0, 0.1) is 5.92 Å². The minimum atomic E-state index is -1.04. The van der Waals surface area contributed by atoms with Crippen molar-refractivity contribution in [2.75, 3.05) is 6.54 Å². The van der Waals surface area contributed by atoms with E-state index < -0.39 is 17.9 Å². The van der Waals surface area contributed by atoms with Gasteiger partial charge < -0.3 is 16.2 Å². The fourth-order valence-corrected chi connectivity index (χ4v) is 0.938. The highest BCUT2D eigenvalue weighted by atomic mass is 16.4. The maximum Gasteiger partial charge on any atom is 0.326 e. The van der Waals surface area contributed by atoms with Crippen LogP contribution in [0.2, 0.25) is 1.41 Å². The van der Waals surface area contributed by atoms with Crippen LogP contribution >= 0.6 is 0 Å². The highest BCUT2D eigenvalue weighted by Crippen LogP contribution is 2.04. The Morgan fingerprint density at radius 2 is 2.23 bits per heavy atom. The van der Waals surface area contributed by atoms with E-state index in [9.17, 15) is 9.59 Å². The molecule has 0 fully saturated rings. The molecular weight excluding hydrogens is 172 g/mol. The summed E-state index contributed by atoms with van der Waals surface area (Å²) in [5.74, 6) is -1.33. The fraction of sp³-hybridized carbons (Fsp3) is 0.750. The van der Waals surface area contributed by atoms with E-state index in [1.54, 1.807) is 0 Å². The Morgan fingerprint density at radius 3 is 2.62 bits per heavy atom. The maximum atomic E-state index is 11.0. The topological polar surface area (TPSA) is 92.4 Å². The highest BCUT2D eigenvalue weighted by molar-refractivity contribution is 5.84. The van der Waals surface area contributed by atoms with Crippen LogP contribution in [0.3, 0.4) is 0 Å². The van der Waals surface area contributed by atoms with E-state index >= 15 is 0 Å². The predicted octanol–water partition coefficient (Wildman–Crippen LogP) is -0.439. The standard InChI is InChI=1S/C8H16N2O3/c1-5(2)3-6(8(12)13)10-7(11)4-9/h5-6H,3-4,9H2,1-2H3,(H,10,11)(H,12,13)/t6-/m0/s1/i/hD. The van der Waals surface area contributed by atoms with Crippen LogP contribution in [0.4, 0.5) is 0 Å². The second-order valence-corrected chi connectivity index (χ2v) is 3.26. The molecule has 0 saturated carbocycles. The number of carboxylic acid groups (broad SMARTS) is 1. The summed E-state index contributed by atoms with van der Waals surface area (Å²) in [6, 6.07) is -0.865. The van der Waals surface area contributed by atoms with Gasteiger partial charge >= 0.3 is 5.97 Å². The van der Waals surface area contributed by atoms with E-state index in [-0.39, 0.29) is 12.5 Å². The third-order valence-electron chi connectivity index (χ3n) is 1.50. The van der Waals surface area contributed by atoms with Gasteiger partial charge in [-0.05, 0) is 12.3 Å². The third-order valence-corrected chi connectivity index (χ3v) is 1.50. The molecule has 0 radical (unpaired) electrons. The van der Waals surface area contributed by atoms with Crippen LogP contribution < -0.4 is 11.0 Å². The summed E-state index contributed by atoms with van der Waals surface area (Å²) in [5, 5.41) is 11.1. The molecule has 0 aliphatic heterocycles. The zero-order valence-electron chi connectivity index (χ0n) is 8.83. The van der Waals surface area contributed by atoms with E-state index in [0.717, 1.165) is 0 Å². The smallest absolute Gasteiger partial charge is 0.326 e. The molecule has 0 unspecified atom stereocenters.